The second kappa shape index (κ2) is 10.5. The Balaban J connectivity index is 1.41. The quantitative estimate of drug-likeness (QED) is 0.671. The number of piperidine rings is 1. The number of methoxy groups -OCH3 is 1. The molecule has 2 aliphatic heterocycles. The Labute approximate surface area is 183 Å². The average Bonchev–Trinajstić information content (AvgIpc) is 2.86. The average molecular weight is 426 g/mol. The Morgan fingerprint density at radius 2 is 1.87 bits per heavy atom. The number of rotatable bonds is 7. The van der Waals surface area contributed by atoms with Gasteiger partial charge in [-0.3, -0.25) is 14.7 Å². The first-order chi connectivity index (χ1) is 15.2. The molecule has 2 aliphatic rings. The van der Waals surface area contributed by atoms with Crippen LogP contribution in [0.5, 0.6) is 5.75 Å². The normalized spacial score (nSPS) is 18.0. The van der Waals surface area contributed by atoms with Gasteiger partial charge in [0, 0.05) is 63.4 Å². The fourth-order valence-corrected chi connectivity index (χ4v) is 4.31. The van der Waals surface area contributed by atoms with Crippen molar-refractivity contribution in [3.05, 3.63) is 48.5 Å². The lowest BCUT2D eigenvalue weighted by Gasteiger charge is -2.40. The van der Waals surface area contributed by atoms with Crippen molar-refractivity contribution >= 4 is 11.6 Å². The van der Waals surface area contributed by atoms with Gasteiger partial charge in [0.15, 0.2) is 0 Å². The largest absolute Gasteiger partial charge is 0.497 e. The van der Waals surface area contributed by atoms with E-state index in [4.69, 9.17) is 9.47 Å². The van der Waals surface area contributed by atoms with Crippen molar-refractivity contribution in [1.29, 1.82) is 0 Å². The van der Waals surface area contributed by atoms with Gasteiger partial charge in [-0.25, -0.2) is 4.98 Å². The van der Waals surface area contributed by atoms with Crippen molar-refractivity contribution in [3.8, 4) is 5.75 Å². The first-order valence-electron chi connectivity index (χ1n) is 11.0. The lowest BCUT2D eigenvalue weighted by Crippen LogP contribution is -2.50. The fourth-order valence-electron chi connectivity index (χ4n) is 4.31. The highest BCUT2D eigenvalue weighted by atomic mass is 16.5. The van der Waals surface area contributed by atoms with Gasteiger partial charge in [0.2, 0.25) is 0 Å². The zero-order chi connectivity index (χ0) is 21.5. The van der Waals surface area contributed by atoms with Gasteiger partial charge in [-0.15, -0.1) is 0 Å². The van der Waals surface area contributed by atoms with Crippen molar-refractivity contribution in [3.63, 3.8) is 0 Å². The topological polar surface area (TPSA) is 71.0 Å². The SMILES string of the molecule is COc1ccc(N2CCC(N(CCN3CCOCC3)C(=O)c3cnccn3)CC2)cc1. The van der Waals surface area contributed by atoms with Crippen molar-refractivity contribution in [2.24, 2.45) is 0 Å². The van der Waals surface area contributed by atoms with Crippen molar-refractivity contribution in [1.82, 2.24) is 19.8 Å². The molecule has 0 radical (unpaired) electrons. The summed E-state index contributed by atoms with van der Waals surface area (Å²) in [5, 5.41) is 0. The first kappa shape index (κ1) is 21.5. The zero-order valence-electron chi connectivity index (χ0n) is 18.2. The van der Waals surface area contributed by atoms with Crippen LogP contribution in [0.15, 0.2) is 42.9 Å². The van der Waals surface area contributed by atoms with E-state index in [9.17, 15) is 4.79 Å². The maximum Gasteiger partial charge on any atom is 0.274 e. The molecule has 4 rings (SSSR count). The van der Waals surface area contributed by atoms with Crippen LogP contribution in [0.3, 0.4) is 0 Å². The van der Waals surface area contributed by atoms with E-state index in [0.29, 0.717) is 12.2 Å². The number of anilines is 1. The lowest BCUT2D eigenvalue weighted by molar-refractivity contribution is 0.0284. The molecule has 1 aromatic heterocycles. The van der Waals surface area contributed by atoms with Gasteiger partial charge in [-0.2, -0.15) is 0 Å². The van der Waals surface area contributed by atoms with Crippen LogP contribution in [0.2, 0.25) is 0 Å². The van der Waals surface area contributed by atoms with Gasteiger partial charge >= 0.3 is 0 Å². The molecule has 2 saturated heterocycles. The van der Waals surface area contributed by atoms with Gasteiger partial charge in [0.25, 0.3) is 5.91 Å². The minimum atomic E-state index is -0.0238. The number of carbonyl (C=O) groups is 1. The van der Waals surface area contributed by atoms with E-state index in [0.717, 1.165) is 64.5 Å². The number of hydrogen-bond donors (Lipinski definition) is 0. The molecule has 3 heterocycles. The molecule has 2 fully saturated rings. The Morgan fingerprint density at radius 3 is 2.52 bits per heavy atom. The highest BCUT2D eigenvalue weighted by Gasteiger charge is 2.30. The predicted octanol–water partition coefficient (Wildman–Crippen LogP) is 1.93. The first-order valence-corrected chi connectivity index (χ1v) is 11.0. The molecule has 0 aliphatic carbocycles. The van der Waals surface area contributed by atoms with Gasteiger partial charge in [0.05, 0.1) is 26.5 Å². The zero-order valence-corrected chi connectivity index (χ0v) is 18.2. The second-order valence-corrected chi connectivity index (χ2v) is 7.96. The maximum atomic E-state index is 13.3. The third kappa shape index (κ3) is 5.51. The molecule has 2 aromatic rings. The molecule has 31 heavy (non-hydrogen) atoms. The van der Waals surface area contributed by atoms with Crippen LogP contribution in [0.25, 0.3) is 0 Å². The Bertz CT molecular complexity index is 819. The number of benzene rings is 1. The monoisotopic (exact) mass is 425 g/mol. The summed E-state index contributed by atoms with van der Waals surface area (Å²) in [6.07, 6.45) is 6.61. The summed E-state index contributed by atoms with van der Waals surface area (Å²) in [7, 11) is 1.68. The Hall–Kier alpha value is -2.71. The molecule has 0 saturated carbocycles. The molecule has 8 heteroatoms. The molecule has 0 spiro atoms. The number of aromatic nitrogens is 2. The molecule has 0 unspecified atom stereocenters. The fraction of sp³-hybridized carbons (Fsp3) is 0.522. The summed E-state index contributed by atoms with van der Waals surface area (Å²) in [5.74, 6) is 0.840. The lowest BCUT2D eigenvalue weighted by atomic mass is 10.0. The van der Waals surface area contributed by atoms with Crippen LogP contribution in [-0.2, 0) is 4.74 Å². The number of hydrogen-bond acceptors (Lipinski definition) is 7. The smallest absolute Gasteiger partial charge is 0.274 e. The molecular formula is C23H31N5O3. The molecule has 1 amide bonds. The third-order valence-electron chi connectivity index (χ3n) is 6.15. The predicted molar refractivity (Wildman–Crippen MR) is 119 cm³/mol. The number of morpholine rings is 1. The minimum Gasteiger partial charge on any atom is -0.497 e. The molecule has 0 bridgehead atoms. The summed E-state index contributed by atoms with van der Waals surface area (Å²) in [6, 6.07) is 8.38. The van der Waals surface area contributed by atoms with Crippen molar-refractivity contribution < 1.29 is 14.3 Å². The highest BCUT2D eigenvalue weighted by molar-refractivity contribution is 5.92. The van der Waals surface area contributed by atoms with Crippen LogP contribution in [-0.4, -0.2) is 91.3 Å². The highest BCUT2D eigenvalue weighted by Crippen LogP contribution is 2.25. The summed E-state index contributed by atoms with van der Waals surface area (Å²) < 4.78 is 10.7. The minimum absolute atomic E-state index is 0.0238. The molecule has 166 valence electrons. The van der Waals surface area contributed by atoms with Gasteiger partial charge in [0.1, 0.15) is 11.4 Å². The maximum absolute atomic E-state index is 13.3. The van der Waals surface area contributed by atoms with Gasteiger partial charge in [-0.1, -0.05) is 0 Å². The number of ether oxygens (including phenoxy) is 2. The second-order valence-electron chi connectivity index (χ2n) is 7.96. The van der Waals surface area contributed by atoms with Crippen LogP contribution < -0.4 is 9.64 Å². The van der Waals surface area contributed by atoms with E-state index in [1.165, 1.54) is 5.69 Å². The number of amides is 1. The van der Waals surface area contributed by atoms with E-state index in [2.05, 4.69) is 31.9 Å². The summed E-state index contributed by atoms with van der Waals surface area (Å²) in [5.41, 5.74) is 1.61. The van der Waals surface area contributed by atoms with Gasteiger partial charge < -0.3 is 19.3 Å². The van der Waals surface area contributed by atoms with Crippen molar-refractivity contribution in [2.45, 2.75) is 18.9 Å². The van der Waals surface area contributed by atoms with Gasteiger partial charge in [-0.05, 0) is 37.1 Å². The molecular weight excluding hydrogens is 394 g/mol. The molecule has 0 N–H and O–H groups in total. The Morgan fingerprint density at radius 1 is 1.13 bits per heavy atom. The molecule has 1 aromatic carbocycles. The number of nitrogens with zero attached hydrogens (tertiary/aromatic N) is 5. The van der Waals surface area contributed by atoms with E-state index in [1.807, 2.05) is 17.0 Å². The summed E-state index contributed by atoms with van der Waals surface area (Å²) in [6.45, 7) is 6.75. The van der Waals surface area contributed by atoms with Crippen LogP contribution in [0.4, 0.5) is 5.69 Å². The van der Waals surface area contributed by atoms with Crippen LogP contribution in [0, 0.1) is 0 Å². The van der Waals surface area contributed by atoms with E-state index < -0.39 is 0 Å². The van der Waals surface area contributed by atoms with E-state index >= 15 is 0 Å². The number of carbonyl (C=O) groups excluding carboxylic acids is 1. The summed E-state index contributed by atoms with van der Waals surface area (Å²) >= 11 is 0. The van der Waals surface area contributed by atoms with E-state index in [1.54, 1.807) is 25.7 Å². The third-order valence-corrected chi connectivity index (χ3v) is 6.15. The van der Waals surface area contributed by atoms with Crippen LogP contribution in [0.1, 0.15) is 23.3 Å². The standard InChI is InChI=1S/C23H31N5O3/c1-30-21-4-2-19(3-5-21)27-10-6-20(7-11-27)28(13-12-26-14-16-31-17-15-26)23(29)22-18-24-8-9-25-22/h2-5,8-9,18,20H,6-7,10-17H2,1H3. The summed E-state index contributed by atoms with van der Waals surface area (Å²) in [4.78, 5) is 28.4. The Kier molecular flexibility index (Phi) is 7.32. The molecule has 0 atom stereocenters. The van der Waals surface area contributed by atoms with E-state index in [-0.39, 0.29) is 11.9 Å². The van der Waals surface area contributed by atoms with Crippen LogP contribution >= 0.6 is 0 Å². The van der Waals surface area contributed by atoms with Crippen molar-refractivity contribution in [2.75, 3.05) is 64.5 Å². The molecule has 8 nitrogen and oxygen atoms in total.